The smallest absolute Gasteiger partial charge is 0.227 e. The molecule has 0 unspecified atom stereocenters. The van der Waals surface area contributed by atoms with Crippen molar-refractivity contribution in [3.05, 3.63) is 17.9 Å². The van der Waals surface area contributed by atoms with E-state index >= 15 is 0 Å². The van der Waals surface area contributed by atoms with Gasteiger partial charge in [-0.3, -0.25) is 4.79 Å². The summed E-state index contributed by atoms with van der Waals surface area (Å²) in [5.74, 6) is -0.0576. The zero-order valence-electron chi connectivity index (χ0n) is 12.7. The van der Waals surface area contributed by atoms with Crippen molar-refractivity contribution in [1.29, 1.82) is 0 Å². The van der Waals surface area contributed by atoms with Crippen molar-refractivity contribution < 1.29 is 18.7 Å². The molecule has 22 heavy (non-hydrogen) atoms. The second-order valence-corrected chi connectivity index (χ2v) is 5.21. The van der Waals surface area contributed by atoms with Gasteiger partial charge in [0, 0.05) is 18.1 Å². The number of nitrogens with one attached hydrogen (secondary N) is 1. The Morgan fingerprint density at radius 1 is 1.32 bits per heavy atom. The van der Waals surface area contributed by atoms with Crippen molar-refractivity contribution in [2.75, 3.05) is 26.1 Å². The average Bonchev–Trinajstić information content (AvgIpc) is 2.97. The Balaban J connectivity index is 0.00000242. The fourth-order valence-corrected chi connectivity index (χ4v) is 2.84. The monoisotopic (exact) mass is 332 g/mol. The molecule has 1 aliphatic carbocycles. The maximum atomic E-state index is 14.0. The maximum Gasteiger partial charge on any atom is 0.227 e. The lowest BCUT2D eigenvalue weighted by molar-refractivity contribution is -0.120. The van der Waals surface area contributed by atoms with Crippen molar-refractivity contribution in [3.8, 4) is 11.5 Å². The Kier molecular flexibility index (Phi) is 6.90. The molecule has 1 amide bonds. The maximum absolute atomic E-state index is 14.0. The second-order valence-electron chi connectivity index (χ2n) is 5.21. The predicted molar refractivity (Wildman–Crippen MR) is 85.3 cm³/mol. The number of carbonyl (C=O) groups is 1. The van der Waals surface area contributed by atoms with Crippen LogP contribution in [-0.2, 0) is 4.79 Å². The van der Waals surface area contributed by atoms with Gasteiger partial charge >= 0.3 is 0 Å². The summed E-state index contributed by atoms with van der Waals surface area (Å²) in [6.45, 7) is 0.479. The number of hydrogen-bond donors (Lipinski definition) is 2. The fourth-order valence-electron chi connectivity index (χ4n) is 2.84. The highest BCUT2D eigenvalue weighted by Gasteiger charge is 2.32. The van der Waals surface area contributed by atoms with Gasteiger partial charge in [-0.25, -0.2) is 4.39 Å². The van der Waals surface area contributed by atoms with Crippen LogP contribution in [0.5, 0.6) is 11.5 Å². The van der Waals surface area contributed by atoms with E-state index in [9.17, 15) is 9.18 Å². The van der Waals surface area contributed by atoms with Gasteiger partial charge in [0.1, 0.15) is 0 Å². The van der Waals surface area contributed by atoms with Gasteiger partial charge in [-0.2, -0.15) is 0 Å². The predicted octanol–water partition coefficient (Wildman–Crippen LogP) is 2.58. The first-order valence-electron chi connectivity index (χ1n) is 7.03. The molecule has 0 spiro atoms. The first kappa shape index (κ1) is 18.5. The van der Waals surface area contributed by atoms with E-state index in [4.69, 9.17) is 15.2 Å². The highest BCUT2D eigenvalue weighted by Crippen LogP contribution is 2.35. The molecule has 0 aliphatic heterocycles. The lowest BCUT2D eigenvalue weighted by Gasteiger charge is -2.18. The van der Waals surface area contributed by atoms with Gasteiger partial charge in [0.2, 0.25) is 5.91 Å². The van der Waals surface area contributed by atoms with Crippen LogP contribution >= 0.6 is 12.4 Å². The minimum atomic E-state index is -0.553. The molecule has 0 bridgehead atoms. The standard InChI is InChI=1S/C15H21FN2O3.ClH/c1-20-13-6-11(16)12(7-14(13)21-2)18-15(19)10-5-3-4-9(10)8-17;/h6-7,9-10H,3-5,8,17H2,1-2H3,(H,18,19);1H/t9-,10-;/m1./s1. The summed E-state index contributed by atoms with van der Waals surface area (Å²) in [6, 6.07) is 2.63. The normalized spacial score (nSPS) is 20.2. The van der Waals surface area contributed by atoms with Gasteiger partial charge in [0.25, 0.3) is 0 Å². The van der Waals surface area contributed by atoms with Gasteiger partial charge in [0.05, 0.1) is 19.9 Å². The van der Waals surface area contributed by atoms with Crippen LogP contribution in [0, 0.1) is 17.7 Å². The molecule has 7 heteroatoms. The molecular weight excluding hydrogens is 311 g/mol. The van der Waals surface area contributed by atoms with Gasteiger partial charge in [-0.05, 0) is 25.3 Å². The third-order valence-corrected chi connectivity index (χ3v) is 4.03. The number of nitrogens with two attached hydrogens (primary N) is 1. The molecule has 0 saturated heterocycles. The van der Waals surface area contributed by atoms with E-state index in [1.165, 1.54) is 26.4 Å². The summed E-state index contributed by atoms with van der Waals surface area (Å²) in [5, 5.41) is 2.64. The molecule has 2 atom stereocenters. The van der Waals surface area contributed by atoms with Crippen molar-refractivity contribution in [3.63, 3.8) is 0 Å². The van der Waals surface area contributed by atoms with E-state index in [1.54, 1.807) is 0 Å². The molecule has 1 aliphatic rings. The van der Waals surface area contributed by atoms with Crippen molar-refractivity contribution in [2.24, 2.45) is 17.6 Å². The summed E-state index contributed by atoms with van der Waals surface area (Å²) in [5.41, 5.74) is 5.78. The number of rotatable bonds is 5. The number of amides is 1. The number of anilines is 1. The summed E-state index contributed by atoms with van der Waals surface area (Å²) in [4.78, 5) is 12.3. The van der Waals surface area contributed by atoms with Crippen LogP contribution in [0.15, 0.2) is 12.1 Å². The highest BCUT2D eigenvalue weighted by molar-refractivity contribution is 5.93. The van der Waals surface area contributed by atoms with E-state index < -0.39 is 5.82 Å². The molecule has 0 heterocycles. The first-order valence-corrected chi connectivity index (χ1v) is 7.03. The Morgan fingerprint density at radius 3 is 2.55 bits per heavy atom. The second kappa shape index (κ2) is 8.19. The van der Waals surface area contributed by atoms with Crippen LogP contribution in [0.2, 0.25) is 0 Å². The zero-order chi connectivity index (χ0) is 15.4. The SMILES string of the molecule is COc1cc(F)c(NC(=O)[C@@H]2CCC[C@@H]2CN)cc1OC.Cl. The van der Waals surface area contributed by atoms with Gasteiger partial charge in [-0.1, -0.05) is 6.42 Å². The molecular formula is C15H22ClFN2O3. The van der Waals surface area contributed by atoms with Gasteiger partial charge in [0.15, 0.2) is 17.3 Å². The van der Waals surface area contributed by atoms with Crippen LogP contribution in [0.3, 0.4) is 0 Å². The Hall–Kier alpha value is -1.53. The number of methoxy groups -OCH3 is 2. The Labute approximate surface area is 135 Å². The topological polar surface area (TPSA) is 73.6 Å². The van der Waals surface area contributed by atoms with Crippen LogP contribution in [0.4, 0.5) is 10.1 Å². The first-order chi connectivity index (χ1) is 10.1. The minimum Gasteiger partial charge on any atom is -0.493 e. The summed E-state index contributed by atoms with van der Waals surface area (Å²) >= 11 is 0. The average molecular weight is 333 g/mol. The number of hydrogen-bond acceptors (Lipinski definition) is 4. The largest absolute Gasteiger partial charge is 0.493 e. The number of halogens is 2. The number of benzene rings is 1. The van der Waals surface area contributed by atoms with E-state index in [1.807, 2.05) is 0 Å². The molecule has 1 saturated carbocycles. The summed E-state index contributed by atoms with van der Waals surface area (Å²) in [6.07, 6.45) is 2.72. The molecule has 1 aromatic rings. The van der Waals surface area contributed by atoms with Gasteiger partial charge < -0.3 is 20.5 Å². The molecule has 1 fully saturated rings. The van der Waals surface area contributed by atoms with Gasteiger partial charge in [-0.15, -0.1) is 12.4 Å². The molecule has 2 rings (SSSR count). The molecule has 0 radical (unpaired) electrons. The van der Waals surface area contributed by atoms with E-state index in [0.29, 0.717) is 12.3 Å². The Morgan fingerprint density at radius 2 is 1.95 bits per heavy atom. The lowest BCUT2D eigenvalue weighted by atomic mass is 9.95. The molecule has 1 aromatic carbocycles. The van der Waals surface area contributed by atoms with Crippen LogP contribution in [0.1, 0.15) is 19.3 Å². The third kappa shape index (κ3) is 3.81. The number of carbonyl (C=O) groups excluding carboxylic acids is 1. The summed E-state index contributed by atoms with van der Waals surface area (Å²) < 4.78 is 24.1. The number of ether oxygens (including phenoxy) is 2. The quantitative estimate of drug-likeness (QED) is 0.869. The molecule has 124 valence electrons. The van der Waals surface area contributed by atoms with E-state index in [-0.39, 0.29) is 41.6 Å². The lowest BCUT2D eigenvalue weighted by Crippen LogP contribution is -2.30. The van der Waals surface area contributed by atoms with Crippen LogP contribution in [-0.4, -0.2) is 26.7 Å². The fraction of sp³-hybridized carbons (Fsp3) is 0.533. The van der Waals surface area contributed by atoms with Crippen molar-refractivity contribution >= 4 is 24.0 Å². The molecule has 3 N–H and O–H groups in total. The van der Waals surface area contributed by atoms with Crippen molar-refractivity contribution in [2.45, 2.75) is 19.3 Å². The van der Waals surface area contributed by atoms with E-state index in [2.05, 4.69) is 5.32 Å². The van der Waals surface area contributed by atoms with Crippen molar-refractivity contribution in [1.82, 2.24) is 0 Å². The highest BCUT2D eigenvalue weighted by atomic mass is 35.5. The van der Waals surface area contributed by atoms with Crippen LogP contribution in [0.25, 0.3) is 0 Å². The Bertz CT molecular complexity index is 528. The van der Waals surface area contributed by atoms with Crippen LogP contribution < -0.4 is 20.5 Å². The molecule has 0 aromatic heterocycles. The third-order valence-electron chi connectivity index (χ3n) is 4.03. The minimum absolute atomic E-state index is 0. The zero-order valence-corrected chi connectivity index (χ0v) is 13.5. The van der Waals surface area contributed by atoms with E-state index in [0.717, 1.165) is 19.3 Å². The molecule has 5 nitrogen and oxygen atoms in total. The summed E-state index contributed by atoms with van der Waals surface area (Å²) in [7, 11) is 2.89.